The van der Waals surface area contributed by atoms with E-state index in [0.717, 1.165) is 85.5 Å². The van der Waals surface area contributed by atoms with Gasteiger partial charge in [0.2, 0.25) is 5.91 Å². The summed E-state index contributed by atoms with van der Waals surface area (Å²) in [6.07, 6.45) is 4.03. The molecule has 2 aliphatic rings. The Bertz CT molecular complexity index is 2270. The van der Waals surface area contributed by atoms with Crippen molar-refractivity contribution in [3.8, 4) is 17.0 Å². The Balaban J connectivity index is 1.34. The molecule has 8 rings (SSSR count). The van der Waals surface area contributed by atoms with Crippen LogP contribution in [-0.2, 0) is 30.7 Å². The molecule has 6 aromatic rings. The van der Waals surface area contributed by atoms with Gasteiger partial charge in [0.15, 0.2) is 5.78 Å². The van der Waals surface area contributed by atoms with E-state index in [2.05, 4.69) is 110 Å². The number of aromatic nitrogens is 2. The summed E-state index contributed by atoms with van der Waals surface area (Å²) in [5, 5.41) is 1.13. The second kappa shape index (κ2) is 12.2. The number of amides is 1. The lowest BCUT2D eigenvalue weighted by Crippen LogP contribution is -2.31. The van der Waals surface area contributed by atoms with E-state index in [4.69, 9.17) is 4.74 Å². The fourth-order valence-corrected chi connectivity index (χ4v) is 8.26. The minimum absolute atomic E-state index is 0.0177. The van der Waals surface area contributed by atoms with E-state index in [1.165, 1.54) is 5.56 Å². The van der Waals surface area contributed by atoms with E-state index in [-0.39, 0.29) is 17.1 Å². The maximum Gasteiger partial charge on any atom is 0.239 e. The van der Waals surface area contributed by atoms with Crippen LogP contribution in [0.4, 0.5) is 5.69 Å². The molecule has 2 aromatic heterocycles. The fourth-order valence-electron chi connectivity index (χ4n) is 8.26. The zero-order chi connectivity index (χ0) is 34.7. The van der Waals surface area contributed by atoms with Gasteiger partial charge in [-0.05, 0) is 78.6 Å². The van der Waals surface area contributed by atoms with Crippen molar-refractivity contribution >= 4 is 28.3 Å². The van der Waals surface area contributed by atoms with Crippen molar-refractivity contribution in [3.05, 3.63) is 142 Å². The van der Waals surface area contributed by atoms with Crippen molar-refractivity contribution in [2.24, 2.45) is 5.41 Å². The van der Waals surface area contributed by atoms with Gasteiger partial charge in [-0.3, -0.25) is 9.59 Å². The molecule has 1 unspecified atom stereocenters. The number of rotatable bonds is 8. The van der Waals surface area contributed by atoms with E-state index < -0.39 is 5.92 Å². The average Bonchev–Trinajstić information content (AvgIpc) is 3.73. The number of ether oxygens (including phenoxy) is 1. The standard InChI is InChI=1S/C44H43N3O3/c1-27-11-14-30(15-12-27)42-41(39-34-21-28(2)13-18-36(34)47(43(39)49)26-29-9-7-6-8-10-29)40-37(23-44(3,4)24-38(40)48)46(42)20-19-31-25-45-35-17-16-32(50-5)22-33(31)35/h6-18,21-22,25,39,45H,19-20,23-24,26H2,1-5H3. The summed E-state index contributed by atoms with van der Waals surface area (Å²) in [5.74, 6) is 0.366. The molecule has 1 atom stereocenters. The van der Waals surface area contributed by atoms with Gasteiger partial charge in [-0.1, -0.05) is 91.7 Å². The van der Waals surface area contributed by atoms with Crippen LogP contribution in [0.2, 0.25) is 0 Å². The summed E-state index contributed by atoms with van der Waals surface area (Å²) < 4.78 is 7.95. The zero-order valence-electron chi connectivity index (χ0n) is 29.5. The molecule has 0 radical (unpaired) electrons. The van der Waals surface area contributed by atoms with Crippen LogP contribution in [-0.4, -0.2) is 28.4 Å². The smallest absolute Gasteiger partial charge is 0.239 e. The van der Waals surface area contributed by atoms with Crippen LogP contribution < -0.4 is 9.64 Å². The highest BCUT2D eigenvalue weighted by molar-refractivity contribution is 6.11. The van der Waals surface area contributed by atoms with Crippen LogP contribution >= 0.6 is 0 Å². The number of aromatic amines is 1. The van der Waals surface area contributed by atoms with Crippen LogP contribution in [0.25, 0.3) is 22.2 Å². The third kappa shape index (κ3) is 5.43. The molecule has 4 aromatic carbocycles. The number of nitrogens with zero attached hydrogens (tertiary/aromatic N) is 2. The number of hydrogen-bond acceptors (Lipinski definition) is 3. The summed E-state index contributed by atoms with van der Waals surface area (Å²) in [4.78, 5) is 34.9. The molecule has 252 valence electrons. The number of anilines is 1. The lowest BCUT2D eigenvalue weighted by atomic mass is 9.74. The van der Waals surface area contributed by atoms with Gasteiger partial charge >= 0.3 is 0 Å². The molecule has 6 heteroatoms. The Morgan fingerprint density at radius 1 is 0.880 bits per heavy atom. The predicted octanol–water partition coefficient (Wildman–Crippen LogP) is 9.34. The highest BCUT2D eigenvalue weighted by atomic mass is 16.5. The third-order valence-corrected chi connectivity index (χ3v) is 10.6. The fraction of sp³-hybridized carbons (Fsp3) is 0.273. The van der Waals surface area contributed by atoms with E-state index >= 15 is 0 Å². The number of carbonyl (C=O) groups excluding carboxylic acids is 2. The number of nitrogens with one attached hydrogen (secondary N) is 1. The van der Waals surface area contributed by atoms with Gasteiger partial charge in [0, 0.05) is 52.6 Å². The van der Waals surface area contributed by atoms with Gasteiger partial charge in [-0.2, -0.15) is 0 Å². The highest BCUT2D eigenvalue weighted by Crippen LogP contribution is 2.51. The van der Waals surface area contributed by atoms with Gasteiger partial charge in [-0.15, -0.1) is 0 Å². The molecule has 50 heavy (non-hydrogen) atoms. The first kappa shape index (κ1) is 31.9. The quantitative estimate of drug-likeness (QED) is 0.177. The number of hydrogen-bond donors (Lipinski definition) is 1. The van der Waals surface area contributed by atoms with Crippen LogP contribution in [0, 0.1) is 19.3 Å². The third-order valence-electron chi connectivity index (χ3n) is 10.6. The topological polar surface area (TPSA) is 67.3 Å². The molecule has 0 saturated heterocycles. The normalized spacial score (nSPS) is 16.6. The SMILES string of the molecule is COc1ccc2[nH]cc(CCn3c4c(c(C5C(=O)N(Cc6ccccc6)c6ccc(C)cc65)c3-c3ccc(C)cc3)C(=O)CC(C)(C)C4)c2c1. The van der Waals surface area contributed by atoms with Crippen LogP contribution in [0.5, 0.6) is 5.75 Å². The molecule has 1 N–H and O–H groups in total. The molecule has 1 aliphatic carbocycles. The number of ketones is 1. The molecule has 1 amide bonds. The number of methoxy groups -OCH3 is 1. The molecule has 1 aliphatic heterocycles. The first-order chi connectivity index (χ1) is 24.1. The molecule has 0 spiro atoms. The summed E-state index contributed by atoms with van der Waals surface area (Å²) in [7, 11) is 1.69. The Morgan fingerprint density at radius 3 is 2.40 bits per heavy atom. The van der Waals surface area contributed by atoms with Crippen molar-refractivity contribution in [1.82, 2.24) is 9.55 Å². The largest absolute Gasteiger partial charge is 0.497 e. The number of aryl methyl sites for hydroxylation is 3. The number of H-pyrrole nitrogens is 1. The van der Waals surface area contributed by atoms with E-state index in [1.807, 2.05) is 29.2 Å². The number of carbonyl (C=O) groups is 2. The average molecular weight is 662 g/mol. The first-order valence-corrected chi connectivity index (χ1v) is 17.6. The Hall–Kier alpha value is -5.36. The van der Waals surface area contributed by atoms with Gasteiger partial charge in [0.25, 0.3) is 0 Å². The Labute approximate surface area is 293 Å². The molecule has 0 bridgehead atoms. The molecule has 6 nitrogen and oxygen atoms in total. The molecule has 0 saturated carbocycles. The predicted molar refractivity (Wildman–Crippen MR) is 200 cm³/mol. The van der Waals surface area contributed by atoms with E-state index in [1.54, 1.807) is 7.11 Å². The summed E-state index contributed by atoms with van der Waals surface area (Å²) in [6, 6.07) is 31.1. The summed E-state index contributed by atoms with van der Waals surface area (Å²) in [5.41, 5.74) is 11.9. The van der Waals surface area contributed by atoms with Crippen molar-refractivity contribution < 1.29 is 14.3 Å². The maximum atomic E-state index is 15.0. The Morgan fingerprint density at radius 2 is 1.64 bits per heavy atom. The Kier molecular flexibility index (Phi) is 7.78. The summed E-state index contributed by atoms with van der Waals surface area (Å²) >= 11 is 0. The van der Waals surface area contributed by atoms with Gasteiger partial charge < -0.3 is 19.2 Å². The molecule has 0 fully saturated rings. The second-order valence-corrected chi connectivity index (χ2v) is 14.9. The van der Waals surface area contributed by atoms with E-state index in [9.17, 15) is 9.59 Å². The van der Waals surface area contributed by atoms with Gasteiger partial charge in [0.1, 0.15) is 5.75 Å². The minimum atomic E-state index is -0.595. The van der Waals surface area contributed by atoms with Crippen LogP contribution in [0.15, 0.2) is 97.2 Å². The summed E-state index contributed by atoms with van der Waals surface area (Å²) in [6.45, 7) is 9.67. The number of benzene rings is 4. The molecular weight excluding hydrogens is 619 g/mol. The number of fused-ring (bicyclic) bond motifs is 3. The van der Waals surface area contributed by atoms with Gasteiger partial charge in [0.05, 0.1) is 25.3 Å². The molecule has 3 heterocycles. The van der Waals surface area contributed by atoms with E-state index in [0.29, 0.717) is 19.5 Å². The lowest BCUT2D eigenvalue weighted by Gasteiger charge is -2.30. The van der Waals surface area contributed by atoms with Crippen LogP contribution in [0.3, 0.4) is 0 Å². The van der Waals surface area contributed by atoms with Gasteiger partial charge in [-0.25, -0.2) is 0 Å². The first-order valence-electron chi connectivity index (χ1n) is 17.6. The zero-order valence-corrected chi connectivity index (χ0v) is 29.5. The molecular formula is C44H43N3O3. The maximum absolute atomic E-state index is 15.0. The van der Waals surface area contributed by atoms with Crippen molar-refractivity contribution in [2.45, 2.75) is 66.0 Å². The highest BCUT2D eigenvalue weighted by Gasteiger charge is 2.46. The second-order valence-electron chi connectivity index (χ2n) is 14.9. The number of Topliss-reactive ketones (excluding diaryl/α,β-unsaturated/α-hetero) is 1. The lowest BCUT2D eigenvalue weighted by molar-refractivity contribution is -0.118. The minimum Gasteiger partial charge on any atom is -0.497 e. The monoisotopic (exact) mass is 661 g/mol. The van der Waals surface area contributed by atoms with Crippen molar-refractivity contribution in [1.29, 1.82) is 0 Å². The van der Waals surface area contributed by atoms with Crippen molar-refractivity contribution in [2.75, 3.05) is 12.0 Å². The van der Waals surface area contributed by atoms with Crippen LogP contribution in [0.1, 0.15) is 75.6 Å². The van der Waals surface area contributed by atoms with Crippen molar-refractivity contribution in [3.63, 3.8) is 0 Å².